The summed E-state index contributed by atoms with van der Waals surface area (Å²) in [5.74, 6) is -0.894. The number of ether oxygens (including phenoxy) is 2. The standard InChI is InChI=1S/C20H22N2O6/c1-27-17-11-16(19(25)28-2)8-7-14(17)9-10-21-20(26)22-12-13-3-5-15(6-4-13)18(23)24/h3-8,11H,9-10,12H2,1-2H3,(H,23,24)(H2,21,22,26). The summed E-state index contributed by atoms with van der Waals surface area (Å²) in [5, 5.41) is 14.3. The van der Waals surface area contributed by atoms with Crippen molar-refractivity contribution < 1.29 is 29.0 Å². The molecule has 0 heterocycles. The smallest absolute Gasteiger partial charge is 0.337 e. The largest absolute Gasteiger partial charge is 0.496 e. The number of carboxylic acids is 1. The van der Waals surface area contributed by atoms with Crippen LogP contribution in [0, 0.1) is 0 Å². The van der Waals surface area contributed by atoms with E-state index in [4.69, 9.17) is 9.84 Å². The number of carboxylic acid groups (broad SMARTS) is 1. The Morgan fingerprint density at radius 2 is 1.64 bits per heavy atom. The zero-order chi connectivity index (χ0) is 20.5. The van der Waals surface area contributed by atoms with Gasteiger partial charge in [-0.15, -0.1) is 0 Å². The highest BCUT2D eigenvalue weighted by Crippen LogP contribution is 2.21. The molecule has 0 saturated heterocycles. The van der Waals surface area contributed by atoms with Crippen molar-refractivity contribution in [2.45, 2.75) is 13.0 Å². The van der Waals surface area contributed by atoms with E-state index in [0.29, 0.717) is 24.3 Å². The van der Waals surface area contributed by atoms with Crippen molar-refractivity contribution in [2.24, 2.45) is 0 Å². The van der Waals surface area contributed by atoms with Crippen molar-refractivity contribution in [3.05, 3.63) is 64.7 Å². The maximum absolute atomic E-state index is 11.9. The molecular weight excluding hydrogens is 364 g/mol. The second-order valence-electron chi connectivity index (χ2n) is 5.88. The van der Waals surface area contributed by atoms with Gasteiger partial charge in [-0.05, 0) is 41.8 Å². The molecule has 0 unspecified atom stereocenters. The van der Waals surface area contributed by atoms with Crippen LogP contribution in [0.2, 0.25) is 0 Å². The fourth-order valence-electron chi connectivity index (χ4n) is 2.52. The van der Waals surface area contributed by atoms with E-state index in [9.17, 15) is 14.4 Å². The van der Waals surface area contributed by atoms with Gasteiger partial charge in [0.15, 0.2) is 0 Å². The first-order valence-corrected chi connectivity index (χ1v) is 8.53. The van der Waals surface area contributed by atoms with Crippen LogP contribution in [0.25, 0.3) is 0 Å². The summed E-state index contributed by atoms with van der Waals surface area (Å²) in [6.45, 7) is 0.653. The van der Waals surface area contributed by atoms with Crippen LogP contribution in [0.1, 0.15) is 31.8 Å². The fraction of sp³-hybridized carbons (Fsp3) is 0.250. The van der Waals surface area contributed by atoms with Gasteiger partial charge < -0.3 is 25.2 Å². The normalized spacial score (nSPS) is 10.1. The summed E-state index contributed by atoms with van der Waals surface area (Å²) in [6.07, 6.45) is 0.519. The number of rotatable bonds is 8. The van der Waals surface area contributed by atoms with Gasteiger partial charge in [0.25, 0.3) is 0 Å². The topological polar surface area (TPSA) is 114 Å². The Bertz CT molecular complexity index is 848. The van der Waals surface area contributed by atoms with Gasteiger partial charge in [0.1, 0.15) is 5.75 Å². The summed E-state index contributed by atoms with van der Waals surface area (Å²) < 4.78 is 9.97. The van der Waals surface area contributed by atoms with Gasteiger partial charge in [0.05, 0.1) is 25.3 Å². The van der Waals surface area contributed by atoms with Crippen LogP contribution in [0.3, 0.4) is 0 Å². The lowest BCUT2D eigenvalue weighted by molar-refractivity contribution is 0.0599. The predicted octanol–water partition coefficient (Wildman–Crippen LogP) is 2.22. The Hall–Kier alpha value is -3.55. The molecule has 2 aromatic carbocycles. The summed E-state index contributed by atoms with van der Waals surface area (Å²) >= 11 is 0. The minimum absolute atomic E-state index is 0.195. The number of aromatic carboxylic acids is 1. The number of hydrogen-bond acceptors (Lipinski definition) is 5. The number of amides is 2. The number of carbonyl (C=O) groups is 3. The molecule has 2 amide bonds. The fourth-order valence-corrected chi connectivity index (χ4v) is 2.52. The van der Waals surface area contributed by atoms with Gasteiger partial charge >= 0.3 is 18.0 Å². The number of methoxy groups -OCH3 is 2. The van der Waals surface area contributed by atoms with E-state index >= 15 is 0 Å². The third kappa shape index (κ3) is 5.73. The molecule has 2 aromatic rings. The molecular formula is C20H22N2O6. The van der Waals surface area contributed by atoms with Crippen molar-refractivity contribution in [2.75, 3.05) is 20.8 Å². The maximum atomic E-state index is 11.9. The maximum Gasteiger partial charge on any atom is 0.337 e. The van der Waals surface area contributed by atoms with Crippen LogP contribution in [0.15, 0.2) is 42.5 Å². The Labute approximate surface area is 162 Å². The second-order valence-corrected chi connectivity index (χ2v) is 5.88. The number of benzene rings is 2. The van der Waals surface area contributed by atoms with Gasteiger partial charge in [0.2, 0.25) is 0 Å². The van der Waals surface area contributed by atoms with Gasteiger partial charge in [-0.3, -0.25) is 0 Å². The van der Waals surface area contributed by atoms with Crippen LogP contribution in [0.4, 0.5) is 4.79 Å². The summed E-state index contributed by atoms with van der Waals surface area (Å²) in [5.41, 5.74) is 2.23. The Morgan fingerprint density at radius 3 is 2.25 bits per heavy atom. The molecule has 0 saturated carbocycles. The van der Waals surface area contributed by atoms with Crippen molar-refractivity contribution >= 4 is 18.0 Å². The summed E-state index contributed by atoms with van der Waals surface area (Å²) in [4.78, 5) is 34.3. The highest BCUT2D eigenvalue weighted by molar-refractivity contribution is 5.90. The monoisotopic (exact) mass is 386 g/mol. The second kappa shape index (κ2) is 9.96. The third-order valence-electron chi connectivity index (χ3n) is 4.04. The van der Waals surface area contributed by atoms with Gasteiger partial charge in [0, 0.05) is 13.1 Å². The minimum atomic E-state index is -0.993. The van der Waals surface area contributed by atoms with Gasteiger partial charge in [-0.25, -0.2) is 14.4 Å². The number of hydrogen-bond donors (Lipinski definition) is 3. The van der Waals surface area contributed by atoms with E-state index in [1.807, 2.05) is 0 Å². The van der Waals surface area contributed by atoms with Crippen LogP contribution < -0.4 is 15.4 Å². The van der Waals surface area contributed by atoms with E-state index in [0.717, 1.165) is 11.1 Å². The molecule has 0 aliphatic carbocycles. The molecule has 0 aliphatic rings. The van der Waals surface area contributed by atoms with Crippen LogP contribution in [0.5, 0.6) is 5.75 Å². The van der Waals surface area contributed by atoms with Crippen molar-refractivity contribution in [1.82, 2.24) is 10.6 Å². The zero-order valence-electron chi connectivity index (χ0n) is 15.7. The van der Waals surface area contributed by atoms with E-state index in [1.165, 1.54) is 26.4 Å². The highest BCUT2D eigenvalue weighted by Gasteiger charge is 2.11. The lowest BCUT2D eigenvalue weighted by Crippen LogP contribution is -2.36. The molecule has 2 rings (SSSR count). The van der Waals surface area contributed by atoms with Crippen LogP contribution in [-0.4, -0.2) is 43.8 Å². The lowest BCUT2D eigenvalue weighted by atomic mass is 10.1. The first kappa shape index (κ1) is 20.8. The number of urea groups is 1. The predicted molar refractivity (Wildman–Crippen MR) is 102 cm³/mol. The molecule has 8 heteroatoms. The Morgan fingerprint density at radius 1 is 0.964 bits per heavy atom. The average molecular weight is 386 g/mol. The molecule has 148 valence electrons. The van der Waals surface area contributed by atoms with Crippen molar-refractivity contribution in [3.63, 3.8) is 0 Å². The van der Waals surface area contributed by atoms with E-state index in [1.54, 1.807) is 30.3 Å². The number of esters is 1. The molecule has 28 heavy (non-hydrogen) atoms. The summed E-state index contributed by atoms with van der Waals surface area (Å²) in [6, 6.07) is 10.9. The SMILES string of the molecule is COC(=O)c1ccc(CCNC(=O)NCc2ccc(C(=O)O)cc2)c(OC)c1. The molecule has 0 fully saturated rings. The van der Waals surface area contributed by atoms with Crippen molar-refractivity contribution in [1.29, 1.82) is 0 Å². The molecule has 3 N–H and O–H groups in total. The molecule has 0 spiro atoms. The molecule has 0 aliphatic heterocycles. The molecule has 0 aromatic heterocycles. The Kier molecular flexibility index (Phi) is 7.38. The van der Waals surface area contributed by atoms with E-state index < -0.39 is 11.9 Å². The van der Waals surface area contributed by atoms with E-state index in [2.05, 4.69) is 15.4 Å². The molecule has 0 atom stereocenters. The molecule has 0 radical (unpaired) electrons. The minimum Gasteiger partial charge on any atom is -0.496 e. The van der Waals surface area contributed by atoms with E-state index in [-0.39, 0.29) is 18.1 Å². The van der Waals surface area contributed by atoms with Gasteiger partial charge in [-0.2, -0.15) is 0 Å². The van der Waals surface area contributed by atoms with Crippen LogP contribution >= 0.6 is 0 Å². The Balaban J connectivity index is 1.81. The molecule has 0 bridgehead atoms. The first-order valence-electron chi connectivity index (χ1n) is 8.53. The number of carbonyl (C=O) groups excluding carboxylic acids is 2. The highest BCUT2D eigenvalue weighted by atomic mass is 16.5. The van der Waals surface area contributed by atoms with Gasteiger partial charge in [-0.1, -0.05) is 18.2 Å². The van der Waals surface area contributed by atoms with Crippen molar-refractivity contribution in [3.8, 4) is 5.75 Å². The summed E-state index contributed by atoms with van der Waals surface area (Å²) in [7, 11) is 2.82. The van der Waals surface area contributed by atoms with Crippen LogP contribution in [-0.2, 0) is 17.7 Å². The number of nitrogens with one attached hydrogen (secondary N) is 2. The lowest BCUT2D eigenvalue weighted by Gasteiger charge is -2.11. The zero-order valence-corrected chi connectivity index (χ0v) is 15.7. The quantitative estimate of drug-likeness (QED) is 0.600. The first-order chi connectivity index (χ1) is 13.4. The average Bonchev–Trinajstić information content (AvgIpc) is 2.72. The third-order valence-corrected chi connectivity index (χ3v) is 4.04. The molecule has 8 nitrogen and oxygen atoms in total.